The average Bonchev–Trinajstić information content (AvgIpc) is 2.55. The van der Waals surface area contributed by atoms with Gasteiger partial charge in [-0.2, -0.15) is 0 Å². The van der Waals surface area contributed by atoms with Gasteiger partial charge in [-0.25, -0.2) is 0 Å². The summed E-state index contributed by atoms with van der Waals surface area (Å²) in [6.07, 6.45) is 2.64. The summed E-state index contributed by atoms with van der Waals surface area (Å²) in [6, 6.07) is 3.30. The smallest absolute Gasteiger partial charge is 0.311 e. The van der Waals surface area contributed by atoms with E-state index in [0.29, 0.717) is 27.4 Å². The van der Waals surface area contributed by atoms with Crippen LogP contribution < -0.4 is 19.5 Å². The van der Waals surface area contributed by atoms with Crippen molar-refractivity contribution in [2.45, 2.75) is 0 Å². The Bertz CT molecular complexity index is 713. The van der Waals surface area contributed by atoms with Crippen molar-refractivity contribution in [3.05, 3.63) is 39.1 Å². The normalized spacial score (nSPS) is 10.1. The molecule has 0 aliphatic rings. The van der Waals surface area contributed by atoms with Crippen LogP contribution in [-0.2, 0) is 0 Å². The van der Waals surface area contributed by atoms with E-state index in [0.717, 1.165) is 0 Å². The molecule has 0 unspecified atom stereocenters. The van der Waals surface area contributed by atoms with E-state index < -0.39 is 4.92 Å². The van der Waals surface area contributed by atoms with E-state index in [1.165, 1.54) is 33.7 Å². The lowest BCUT2D eigenvalue weighted by molar-refractivity contribution is -0.384. The Balaban J connectivity index is 2.51. The van der Waals surface area contributed by atoms with Crippen molar-refractivity contribution in [2.75, 3.05) is 26.6 Å². The van der Waals surface area contributed by atoms with Crippen LogP contribution >= 0.6 is 15.9 Å². The number of aromatic nitrogens is 1. The van der Waals surface area contributed by atoms with Crippen molar-refractivity contribution in [3.8, 4) is 17.2 Å². The van der Waals surface area contributed by atoms with Crippen LogP contribution in [0.15, 0.2) is 29.0 Å². The second kappa shape index (κ2) is 7.14. The predicted molar refractivity (Wildman–Crippen MR) is 88.0 cm³/mol. The highest BCUT2D eigenvalue weighted by Gasteiger charge is 2.19. The van der Waals surface area contributed by atoms with Gasteiger partial charge in [0.2, 0.25) is 5.75 Å². The number of hydrogen-bond acceptors (Lipinski definition) is 7. The molecule has 0 saturated heterocycles. The first-order valence-corrected chi connectivity index (χ1v) is 7.16. The van der Waals surface area contributed by atoms with E-state index in [9.17, 15) is 10.1 Å². The fourth-order valence-corrected chi connectivity index (χ4v) is 2.40. The fourth-order valence-electron chi connectivity index (χ4n) is 1.98. The van der Waals surface area contributed by atoms with Gasteiger partial charge in [0.25, 0.3) is 0 Å². The first-order chi connectivity index (χ1) is 11.0. The van der Waals surface area contributed by atoms with Gasteiger partial charge in [0.15, 0.2) is 11.5 Å². The quantitative estimate of drug-likeness (QED) is 0.601. The van der Waals surface area contributed by atoms with Gasteiger partial charge in [-0.05, 0) is 15.9 Å². The minimum absolute atomic E-state index is 0.159. The number of anilines is 2. The lowest BCUT2D eigenvalue weighted by atomic mass is 10.2. The summed E-state index contributed by atoms with van der Waals surface area (Å²) in [5.74, 6) is 1.30. The lowest BCUT2D eigenvalue weighted by Gasteiger charge is -2.15. The molecule has 0 aliphatic heterocycles. The van der Waals surface area contributed by atoms with Gasteiger partial charge in [0.1, 0.15) is 11.9 Å². The van der Waals surface area contributed by atoms with Crippen molar-refractivity contribution >= 4 is 33.0 Å². The number of pyridine rings is 1. The lowest BCUT2D eigenvalue weighted by Crippen LogP contribution is -2.01. The van der Waals surface area contributed by atoms with E-state index in [2.05, 4.69) is 26.2 Å². The second-order valence-electron chi connectivity index (χ2n) is 4.31. The van der Waals surface area contributed by atoms with Crippen LogP contribution in [0, 0.1) is 10.1 Å². The fraction of sp³-hybridized carbons (Fsp3) is 0.214. The molecule has 9 heteroatoms. The van der Waals surface area contributed by atoms with Gasteiger partial charge < -0.3 is 19.5 Å². The molecule has 8 nitrogen and oxygen atoms in total. The summed E-state index contributed by atoms with van der Waals surface area (Å²) in [5.41, 5.74) is 0.655. The Kier molecular flexibility index (Phi) is 5.22. The van der Waals surface area contributed by atoms with Gasteiger partial charge in [0.05, 0.1) is 30.7 Å². The minimum Gasteiger partial charge on any atom is -0.493 e. The monoisotopic (exact) mass is 383 g/mol. The summed E-state index contributed by atoms with van der Waals surface area (Å²) in [4.78, 5) is 14.4. The van der Waals surface area contributed by atoms with Crippen LogP contribution in [0.1, 0.15) is 0 Å². The average molecular weight is 384 g/mol. The van der Waals surface area contributed by atoms with Crippen LogP contribution in [0.2, 0.25) is 0 Å². The molecule has 0 saturated carbocycles. The minimum atomic E-state index is -0.516. The Morgan fingerprint density at radius 2 is 1.74 bits per heavy atom. The number of methoxy groups -OCH3 is 3. The SMILES string of the molecule is COc1cc(Nc2c(Br)cncc2[N+](=O)[O-])cc(OC)c1OC. The Labute approximate surface area is 140 Å². The third-order valence-electron chi connectivity index (χ3n) is 3.01. The highest BCUT2D eigenvalue weighted by atomic mass is 79.9. The number of benzene rings is 1. The third-order valence-corrected chi connectivity index (χ3v) is 3.61. The maximum atomic E-state index is 11.1. The van der Waals surface area contributed by atoms with Gasteiger partial charge in [-0.15, -0.1) is 0 Å². The Morgan fingerprint density at radius 3 is 2.22 bits per heavy atom. The molecule has 0 amide bonds. The maximum absolute atomic E-state index is 11.1. The first-order valence-electron chi connectivity index (χ1n) is 6.36. The molecule has 1 heterocycles. The highest BCUT2D eigenvalue weighted by molar-refractivity contribution is 9.10. The van der Waals surface area contributed by atoms with Crippen molar-refractivity contribution in [1.29, 1.82) is 0 Å². The molecule has 0 bridgehead atoms. The number of halogens is 1. The molecule has 1 N–H and O–H groups in total. The molecule has 122 valence electrons. The molecule has 23 heavy (non-hydrogen) atoms. The zero-order valence-corrected chi connectivity index (χ0v) is 14.2. The molecule has 1 aromatic carbocycles. The largest absolute Gasteiger partial charge is 0.493 e. The van der Waals surface area contributed by atoms with Crippen molar-refractivity contribution < 1.29 is 19.1 Å². The summed E-state index contributed by atoms with van der Waals surface area (Å²) in [5, 5.41) is 14.1. The number of nitrogens with zero attached hydrogens (tertiary/aromatic N) is 2. The Hall–Kier alpha value is -2.55. The molecule has 1 aromatic heterocycles. The molecular weight excluding hydrogens is 370 g/mol. The summed E-state index contributed by atoms with van der Waals surface area (Å²) in [6.45, 7) is 0. The third kappa shape index (κ3) is 3.45. The molecule has 0 radical (unpaired) electrons. The van der Waals surface area contributed by atoms with Crippen LogP contribution in [0.25, 0.3) is 0 Å². The van der Waals surface area contributed by atoms with E-state index in [1.807, 2.05) is 0 Å². The number of hydrogen-bond donors (Lipinski definition) is 1. The highest BCUT2D eigenvalue weighted by Crippen LogP contribution is 2.42. The standard InChI is InChI=1S/C14H14BrN3O5/c1-21-11-4-8(5-12(22-2)14(11)23-3)17-13-9(15)6-16-7-10(13)18(19)20/h4-7H,1-3H3,(H,16,17). The van der Waals surface area contributed by atoms with E-state index in [4.69, 9.17) is 14.2 Å². The number of rotatable bonds is 6. The van der Waals surface area contributed by atoms with E-state index >= 15 is 0 Å². The van der Waals surface area contributed by atoms with Crippen molar-refractivity contribution in [1.82, 2.24) is 4.98 Å². The number of ether oxygens (including phenoxy) is 3. The predicted octanol–water partition coefficient (Wildman–Crippen LogP) is 3.52. The van der Waals surface area contributed by atoms with Crippen LogP contribution in [0.3, 0.4) is 0 Å². The maximum Gasteiger partial charge on any atom is 0.311 e. The first kappa shape index (κ1) is 16.8. The summed E-state index contributed by atoms with van der Waals surface area (Å²) < 4.78 is 16.2. The molecule has 2 rings (SSSR count). The van der Waals surface area contributed by atoms with Gasteiger partial charge in [0, 0.05) is 24.0 Å². The number of nitrogens with one attached hydrogen (secondary N) is 1. The number of nitro groups is 1. The van der Waals surface area contributed by atoms with Gasteiger partial charge in [-0.3, -0.25) is 15.1 Å². The zero-order valence-electron chi connectivity index (χ0n) is 12.6. The van der Waals surface area contributed by atoms with Crippen LogP contribution in [-0.4, -0.2) is 31.2 Å². The van der Waals surface area contributed by atoms with E-state index in [1.54, 1.807) is 12.1 Å². The van der Waals surface area contributed by atoms with Crippen molar-refractivity contribution in [3.63, 3.8) is 0 Å². The summed E-state index contributed by atoms with van der Waals surface area (Å²) >= 11 is 3.26. The van der Waals surface area contributed by atoms with E-state index in [-0.39, 0.29) is 11.4 Å². The Morgan fingerprint density at radius 1 is 1.13 bits per heavy atom. The van der Waals surface area contributed by atoms with Crippen LogP contribution in [0.4, 0.5) is 17.1 Å². The molecule has 2 aromatic rings. The summed E-state index contributed by atoms with van der Waals surface area (Å²) in [7, 11) is 4.48. The van der Waals surface area contributed by atoms with Crippen LogP contribution in [0.5, 0.6) is 17.2 Å². The van der Waals surface area contributed by atoms with Gasteiger partial charge >= 0.3 is 5.69 Å². The zero-order chi connectivity index (χ0) is 17.0. The second-order valence-corrected chi connectivity index (χ2v) is 5.17. The molecule has 0 atom stereocenters. The van der Waals surface area contributed by atoms with Gasteiger partial charge in [-0.1, -0.05) is 0 Å². The molecule has 0 aliphatic carbocycles. The topological polar surface area (TPSA) is 95.8 Å². The molecule has 0 fully saturated rings. The molecular formula is C14H14BrN3O5. The molecule has 0 spiro atoms. The van der Waals surface area contributed by atoms with Crippen molar-refractivity contribution in [2.24, 2.45) is 0 Å².